The van der Waals surface area contributed by atoms with Crippen molar-refractivity contribution in [1.29, 1.82) is 0 Å². The summed E-state index contributed by atoms with van der Waals surface area (Å²) in [6, 6.07) is 0. The minimum Gasteiger partial charge on any atom is -0.303 e. The van der Waals surface area contributed by atoms with Gasteiger partial charge in [0, 0.05) is 25.0 Å². The molecule has 1 aliphatic heterocycles. The Bertz CT molecular complexity index is 357. The van der Waals surface area contributed by atoms with Gasteiger partial charge in [-0.15, -0.1) is 0 Å². The molecule has 0 unspecified atom stereocenters. The number of nitrogens with zero attached hydrogens (tertiary/aromatic N) is 1. The molecule has 4 nitrogen and oxygen atoms in total. The standard InChI is InChI=1S/C12H21NO3S/c14-11-12(4-2-1-3-5-12)10-13-6-8-17(15,16)9-7-13/h11H,1-10H2. The van der Waals surface area contributed by atoms with Crippen molar-refractivity contribution in [3.8, 4) is 0 Å². The first kappa shape index (κ1) is 13.0. The fraction of sp³-hybridized carbons (Fsp3) is 0.917. The normalized spacial score (nSPS) is 28.7. The molecule has 17 heavy (non-hydrogen) atoms. The molecule has 1 aliphatic carbocycles. The van der Waals surface area contributed by atoms with Crippen LogP contribution in [0.1, 0.15) is 32.1 Å². The number of hydrogen-bond acceptors (Lipinski definition) is 4. The summed E-state index contributed by atoms with van der Waals surface area (Å²) in [4.78, 5) is 13.5. The van der Waals surface area contributed by atoms with Gasteiger partial charge in [0.1, 0.15) is 6.29 Å². The highest BCUT2D eigenvalue weighted by Crippen LogP contribution is 2.35. The van der Waals surface area contributed by atoms with Gasteiger partial charge < -0.3 is 9.69 Å². The summed E-state index contributed by atoms with van der Waals surface area (Å²) in [5, 5.41) is 0. The average molecular weight is 259 g/mol. The number of rotatable bonds is 3. The van der Waals surface area contributed by atoms with Gasteiger partial charge in [0.15, 0.2) is 9.84 Å². The Morgan fingerprint density at radius 2 is 1.65 bits per heavy atom. The molecule has 2 aliphatic rings. The van der Waals surface area contributed by atoms with Gasteiger partial charge in [-0.25, -0.2) is 8.42 Å². The van der Waals surface area contributed by atoms with E-state index in [0.29, 0.717) is 13.1 Å². The van der Waals surface area contributed by atoms with Crippen molar-refractivity contribution in [2.45, 2.75) is 32.1 Å². The summed E-state index contributed by atoms with van der Waals surface area (Å²) < 4.78 is 22.7. The average Bonchev–Trinajstić information content (AvgIpc) is 2.33. The number of carbonyl (C=O) groups is 1. The van der Waals surface area contributed by atoms with E-state index >= 15 is 0 Å². The van der Waals surface area contributed by atoms with Crippen LogP contribution in [0.3, 0.4) is 0 Å². The van der Waals surface area contributed by atoms with Gasteiger partial charge in [0.05, 0.1) is 11.5 Å². The molecule has 1 saturated carbocycles. The molecule has 0 amide bonds. The van der Waals surface area contributed by atoms with E-state index in [-0.39, 0.29) is 16.9 Å². The maximum absolute atomic E-state index is 11.3. The zero-order chi connectivity index (χ0) is 12.4. The van der Waals surface area contributed by atoms with E-state index in [1.165, 1.54) is 6.42 Å². The van der Waals surface area contributed by atoms with E-state index in [9.17, 15) is 13.2 Å². The van der Waals surface area contributed by atoms with E-state index in [0.717, 1.165) is 38.5 Å². The van der Waals surface area contributed by atoms with Crippen molar-refractivity contribution in [2.24, 2.45) is 5.41 Å². The summed E-state index contributed by atoms with van der Waals surface area (Å²) in [5.41, 5.74) is -0.195. The third kappa shape index (κ3) is 3.28. The molecule has 0 atom stereocenters. The highest BCUT2D eigenvalue weighted by molar-refractivity contribution is 7.91. The molecule has 0 spiro atoms. The number of aldehydes is 1. The first-order valence-corrected chi connectivity index (χ1v) is 8.27. The van der Waals surface area contributed by atoms with Crippen molar-refractivity contribution in [1.82, 2.24) is 4.90 Å². The molecular weight excluding hydrogens is 238 g/mol. The highest BCUT2D eigenvalue weighted by Gasteiger charge is 2.35. The third-order valence-corrected chi connectivity index (χ3v) is 5.68. The smallest absolute Gasteiger partial charge is 0.152 e. The molecule has 0 radical (unpaired) electrons. The topological polar surface area (TPSA) is 54.5 Å². The van der Waals surface area contributed by atoms with Crippen LogP contribution in [0.25, 0.3) is 0 Å². The van der Waals surface area contributed by atoms with E-state index in [2.05, 4.69) is 4.90 Å². The van der Waals surface area contributed by atoms with Crippen LogP contribution in [0.4, 0.5) is 0 Å². The van der Waals surface area contributed by atoms with E-state index in [4.69, 9.17) is 0 Å². The van der Waals surface area contributed by atoms with Gasteiger partial charge in [-0.1, -0.05) is 19.3 Å². The van der Waals surface area contributed by atoms with Crippen LogP contribution in [-0.2, 0) is 14.6 Å². The molecule has 0 N–H and O–H groups in total. The molecular formula is C12H21NO3S. The first-order valence-electron chi connectivity index (χ1n) is 6.44. The predicted octanol–water partition coefficient (Wildman–Crippen LogP) is 0.866. The molecule has 1 saturated heterocycles. The molecule has 1 heterocycles. The van der Waals surface area contributed by atoms with Gasteiger partial charge in [0.25, 0.3) is 0 Å². The third-order valence-electron chi connectivity index (χ3n) is 4.07. The van der Waals surface area contributed by atoms with E-state index < -0.39 is 9.84 Å². The first-order chi connectivity index (χ1) is 8.05. The largest absolute Gasteiger partial charge is 0.303 e. The molecule has 98 valence electrons. The second-order valence-electron chi connectivity index (χ2n) is 5.47. The second kappa shape index (κ2) is 5.06. The Labute approximate surface area is 103 Å². The monoisotopic (exact) mass is 259 g/mol. The van der Waals surface area contributed by atoms with Gasteiger partial charge in [0.2, 0.25) is 0 Å². The van der Waals surface area contributed by atoms with Gasteiger partial charge in [-0.2, -0.15) is 0 Å². The Kier molecular flexibility index (Phi) is 3.88. The van der Waals surface area contributed by atoms with Crippen molar-refractivity contribution >= 4 is 16.1 Å². The van der Waals surface area contributed by atoms with E-state index in [1.54, 1.807) is 0 Å². The lowest BCUT2D eigenvalue weighted by molar-refractivity contribution is -0.119. The quantitative estimate of drug-likeness (QED) is 0.706. The van der Waals surface area contributed by atoms with Crippen LogP contribution in [0.5, 0.6) is 0 Å². The minimum absolute atomic E-state index is 0.195. The fourth-order valence-corrected chi connectivity index (χ4v) is 4.20. The summed E-state index contributed by atoms with van der Waals surface area (Å²) in [5.74, 6) is 0.504. The summed E-state index contributed by atoms with van der Waals surface area (Å²) >= 11 is 0. The number of hydrogen-bond donors (Lipinski definition) is 0. The molecule has 0 aromatic heterocycles. The SMILES string of the molecule is O=CC1(CN2CCS(=O)(=O)CC2)CCCCC1. The van der Waals surface area contributed by atoms with Crippen LogP contribution < -0.4 is 0 Å². The minimum atomic E-state index is -2.81. The zero-order valence-electron chi connectivity index (χ0n) is 10.2. The van der Waals surface area contributed by atoms with Crippen molar-refractivity contribution in [3.63, 3.8) is 0 Å². The van der Waals surface area contributed by atoms with Gasteiger partial charge in [-0.05, 0) is 12.8 Å². The summed E-state index contributed by atoms with van der Waals surface area (Å²) in [6.07, 6.45) is 6.55. The Morgan fingerprint density at radius 1 is 1.06 bits per heavy atom. The Hall–Kier alpha value is -0.420. The number of sulfone groups is 1. The predicted molar refractivity (Wildman–Crippen MR) is 66.7 cm³/mol. The second-order valence-corrected chi connectivity index (χ2v) is 7.77. The van der Waals surface area contributed by atoms with Crippen molar-refractivity contribution in [2.75, 3.05) is 31.1 Å². The Balaban J connectivity index is 1.93. The maximum atomic E-state index is 11.3. The van der Waals surface area contributed by atoms with Crippen molar-refractivity contribution < 1.29 is 13.2 Å². The molecule has 0 aromatic carbocycles. The van der Waals surface area contributed by atoms with Crippen LogP contribution in [-0.4, -0.2) is 50.7 Å². The molecule has 2 rings (SSSR count). The lowest BCUT2D eigenvalue weighted by Gasteiger charge is -2.38. The van der Waals surface area contributed by atoms with Gasteiger partial charge in [-0.3, -0.25) is 0 Å². The molecule has 0 bridgehead atoms. The fourth-order valence-electron chi connectivity index (χ4n) is 2.92. The van der Waals surface area contributed by atoms with E-state index in [1.807, 2.05) is 0 Å². The van der Waals surface area contributed by atoms with Gasteiger partial charge >= 0.3 is 0 Å². The zero-order valence-corrected chi connectivity index (χ0v) is 11.0. The summed E-state index contributed by atoms with van der Waals surface area (Å²) in [7, 11) is -2.81. The Morgan fingerprint density at radius 3 is 2.18 bits per heavy atom. The molecule has 5 heteroatoms. The van der Waals surface area contributed by atoms with Crippen LogP contribution in [0.2, 0.25) is 0 Å². The van der Waals surface area contributed by atoms with Crippen LogP contribution in [0, 0.1) is 5.41 Å². The lowest BCUT2D eigenvalue weighted by atomic mass is 9.75. The van der Waals surface area contributed by atoms with Crippen molar-refractivity contribution in [3.05, 3.63) is 0 Å². The lowest BCUT2D eigenvalue weighted by Crippen LogP contribution is -2.47. The van der Waals surface area contributed by atoms with Crippen LogP contribution >= 0.6 is 0 Å². The highest BCUT2D eigenvalue weighted by atomic mass is 32.2. The maximum Gasteiger partial charge on any atom is 0.152 e. The molecule has 0 aromatic rings. The number of carbonyl (C=O) groups excluding carboxylic acids is 1. The summed E-state index contributed by atoms with van der Waals surface area (Å²) in [6.45, 7) is 1.95. The van der Waals surface area contributed by atoms with Crippen LogP contribution in [0.15, 0.2) is 0 Å². The molecule has 2 fully saturated rings.